The molecule has 1 fully saturated rings. The number of nitrogens with one attached hydrogen (secondary N) is 1. The van der Waals surface area contributed by atoms with Gasteiger partial charge in [-0.05, 0) is 51.2 Å². The molecule has 1 saturated heterocycles. The fourth-order valence-corrected chi connectivity index (χ4v) is 3.63. The molecule has 1 heterocycles. The Kier molecular flexibility index (Phi) is 4.60. The number of rotatable bonds is 4. The van der Waals surface area contributed by atoms with E-state index in [9.17, 15) is 17.6 Å². The lowest BCUT2D eigenvalue weighted by atomic mass is 10.1. The van der Waals surface area contributed by atoms with Crippen molar-refractivity contribution in [3.05, 3.63) is 29.6 Å². The number of carbonyl (C=O) groups is 1. The van der Waals surface area contributed by atoms with Gasteiger partial charge in [0.25, 0.3) is 0 Å². The highest BCUT2D eigenvalue weighted by Gasteiger charge is 2.26. The lowest BCUT2D eigenvalue weighted by Gasteiger charge is -2.29. The van der Waals surface area contributed by atoms with Gasteiger partial charge < -0.3 is 10.0 Å². The molecule has 1 aliphatic heterocycles. The van der Waals surface area contributed by atoms with Crippen LogP contribution in [0.3, 0.4) is 0 Å². The zero-order chi connectivity index (χ0) is 15.6. The molecule has 1 aromatic rings. The Bertz CT molecular complexity index is 640. The Hall–Kier alpha value is -1.51. The van der Waals surface area contributed by atoms with Gasteiger partial charge >= 0.3 is 5.97 Å². The number of aromatic carboxylic acids is 1. The fourth-order valence-electron chi connectivity index (χ4n) is 2.26. The van der Waals surface area contributed by atoms with Crippen molar-refractivity contribution < 1.29 is 22.7 Å². The Labute approximate surface area is 122 Å². The molecule has 0 atom stereocenters. The van der Waals surface area contributed by atoms with E-state index in [0.717, 1.165) is 25.2 Å². The number of piperidine rings is 1. The predicted octanol–water partition coefficient (Wildman–Crippen LogP) is 0.896. The Balaban J connectivity index is 2.18. The molecule has 1 aromatic carbocycles. The molecule has 1 aliphatic rings. The predicted molar refractivity (Wildman–Crippen MR) is 74.2 cm³/mol. The van der Waals surface area contributed by atoms with Gasteiger partial charge in [0.1, 0.15) is 10.7 Å². The number of benzene rings is 1. The lowest BCUT2D eigenvalue weighted by Crippen LogP contribution is -2.43. The average molecular weight is 316 g/mol. The first-order chi connectivity index (χ1) is 9.79. The smallest absolute Gasteiger partial charge is 0.335 e. The van der Waals surface area contributed by atoms with E-state index >= 15 is 0 Å². The fraction of sp³-hybridized carbons (Fsp3) is 0.462. The maximum atomic E-state index is 13.8. The van der Waals surface area contributed by atoms with Crippen molar-refractivity contribution in [1.82, 2.24) is 9.62 Å². The van der Waals surface area contributed by atoms with E-state index in [1.54, 1.807) is 0 Å². The third kappa shape index (κ3) is 3.78. The highest BCUT2D eigenvalue weighted by molar-refractivity contribution is 7.89. The van der Waals surface area contributed by atoms with Gasteiger partial charge in [-0.15, -0.1) is 0 Å². The van der Waals surface area contributed by atoms with E-state index in [2.05, 4.69) is 9.62 Å². The largest absolute Gasteiger partial charge is 0.478 e. The van der Waals surface area contributed by atoms with Crippen molar-refractivity contribution in [2.75, 3.05) is 20.1 Å². The second-order valence-electron chi connectivity index (χ2n) is 5.15. The van der Waals surface area contributed by atoms with Gasteiger partial charge in [0.15, 0.2) is 0 Å². The first kappa shape index (κ1) is 15.9. The summed E-state index contributed by atoms with van der Waals surface area (Å²) in [6.45, 7) is 1.54. The van der Waals surface area contributed by atoms with E-state index < -0.39 is 26.7 Å². The second kappa shape index (κ2) is 6.08. The minimum Gasteiger partial charge on any atom is -0.478 e. The SMILES string of the molecule is CN1CCC(NS(=O)(=O)c2ccc(C(=O)O)cc2F)CC1. The van der Waals surface area contributed by atoms with Gasteiger partial charge in [0, 0.05) is 6.04 Å². The summed E-state index contributed by atoms with van der Waals surface area (Å²) in [5.41, 5.74) is -0.286. The van der Waals surface area contributed by atoms with Crippen LogP contribution in [-0.2, 0) is 10.0 Å². The van der Waals surface area contributed by atoms with Crippen LogP contribution in [0, 0.1) is 5.82 Å². The lowest BCUT2D eigenvalue weighted by molar-refractivity contribution is 0.0696. The molecular formula is C13H17FN2O4S. The van der Waals surface area contributed by atoms with Crippen molar-refractivity contribution in [1.29, 1.82) is 0 Å². The van der Waals surface area contributed by atoms with Crippen molar-refractivity contribution in [2.45, 2.75) is 23.8 Å². The van der Waals surface area contributed by atoms with Crippen molar-refractivity contribution in [2.24, 2.45) is 0 Å². The Morgan fingerprint density at radius 2 is 2.00 bits per heavy atom. The number of sulfonamides is 1. The van der Waals surface area contributed by atoms with Crippen LogP contribution in [0.25, 0.3) is 0 Å². The van der Waals surface area contributed by atoms with Crippen LogP contribution in [-0.4, -0.2) is 50.6 Å². The van der Waals surface area contributed by atoms with Crippen LogP contribution in [0.4, 0.5) is 4.39 Å². The zero-order valence-electron chi connectivity index (χ0n) is 11.5. The number of carboxylic acid groups (broad SMARTS) is 1. The molecule has 0 unspecified atom stereocenters. The van der Waals surface area contributed by atoms with Gasteiger partial charge in [-0.1, -0.05) is 0 Å². The Morgan fingerprint density at radius 3 is 2.52 bits per heavy atom. The molecule has 0 radical (unpaired) electrons. The molecule has 0 saturated carbocycles. The number of hydrogen-bond acceptors (Lipinski definition) is 4. The normalized spacial score (nSPS) is 17.8. The van der Waals surface area contributed by atoms with E-state index in [1.165, 1.54) is 0 Å². The summed E-state index contributed by atoms with van der Waals surface area (Å²) in [5, 5.41) is 8.75. The highest BCUT2D eigenvalue weighted by atomic mass is 32.2. The van der Waals surface area contributed by atoms with Crippen LogP contribution in [0.5, 0.6) is 0 Å². The van der Waals surface area contributed by atoms with Crippen molar-refractivity contribution in [3.63, 3.8) is 0 Å². The third-order valence-corrected chi connectivity index (χ3v) is 5.06. The minimum absolute atomic E-state index is 0.232. The van der Waals surface area contributed by atoms with Gasteiger partial charge in [0.2, 0.25) is 10.0 Å². The van der Waals surface area contributed by atoms with Gasteiger partial charge in [-0.25, -0.2) is 22.3 Å². The maximum Gasteiger partial charge on any atom is 0.335 e. The van der Waals surface area contributed by atoms with Crippen LogP contribution >= 0.6 is 0 Å². The summed E-state index contributed by atoms with van der Waals surface area (Å²) < 4.78 is 40.7. The second-order valence-corrected chi connectivity index (χ2v) is 6.83. The molecule has 2 N–H and O–H groups in total. The molecule has 0 bridgehead atoms. The summed E-state index contributed by atoms with van der Waals surface area (Å²) in [6, 6.07) is 2.54. The number of halogens is 1. The monoisotopic (exact) mass is 316 g/mol. The number of nitrogens with zero attached hydrogens (tertiary/aromatic N) is 1. The Morgan fingerprint density at radius 1 is 1.38 bits per heavy atom. The summed E-state index contributed by atoms with van der Waals surface area (Å²) >= 11 is 0. The van der Waals surface area contributed by atoms with E-state index in [0.29, 0.717) is 18.9 Å². The molecule has 0 aliphatic carbocycles. The molecular weight excluding hydrogens is 299 g/mol. The number of likely N-dealkylation sites (tertiary alicyclic amines) is 1. The molecule has 6 nitrogen and oxygen atoms in total. The van der Waals surface area contributed by atoms with E-state index in [4.69, 9.17) is 5.11 Å². The third-order valence-electron chi connectivity index (χ3n) is 3.51. The summed E-state index contributed by atoms with van der Waals surface area (Å²) in [5.74, 6) is -2.36. The molecule has 0 spiro atoms. The molecule has 21 heavy (non-hydrogen) atoms. The van der Waals surface area contributed by atoms with Gasteiger partial charge in [0.05, 0.1) is 5.56 Å². The van der Waals surface area contributed by atoms with E-state index in [1.807, 2.05) is 7.05 Å². The van der Waals surface area contributed by atoms with E-state index in [-0.39, 0.29) is 11.6 Å². The van der Waals surface area contributed by atoms with Crippen LogP contribution in [0.15, 0.2) is 23.1 Å². The zero-order valence-corrected chi connectivity index (χ0v) is 12.4. The quantitative estimate of drug-likeness (QED) is 0.862. The topological polar surface area (TPSA) is 86.7 Å². The average Bonchev–Trinajstić information content (AvgIpc) is 2.40. The minimum atomic E-state index is -3.99. The summed E-state index contributed by atoms with van der Waals surface area (Å²) in [6.07, 6.45) is 1.31. The molecule has 0 aromatic heterocycles. The van der Waals surface area contributed by atoms with Crippen LogP contribution in [0.1, 0.15) is 23.2 Å². The van der Waals surface area contributed by atoms with Gasteiger partial charge in [-0.3, -0.25) is 0 Å². The van der Waals surface area contributed by atoms with Crippen LogP contribution < -0.4 is 4.72 Å². The standard InChI is InChI=1S/C13H17FN2O4S/c1-16-6-4-10(5-7-16)15-21(19,20)12-3-2-9(13(17)18)8-11(12)14/h2-3,8,10,15H,4-7H2,1H3,(H,17,18). The van der Waals surface area contributed by atoms with Crippen molar-refractivity contribution >= 4 is 16.0 Å². The number of carboxylic acids is 1. The number of hydrogen-bond donors (Lipinski definition) is 2. The molecule has 0 amide bonds. The molecule has 116 valence electrons. The summed E-state index contributed by atoms with van der Waals surface area (Å²) in [4.78, 5) is 12.3. The molecule has 8 heteroatoms. The summed E-state index contributed by atoms with van der Waals surface area (Å²) in [7, 11) is -2.03. The highest BCUT2D eigenvalue weighted by Crippen LogP contribution is 2.18. The maximum absolute atomic E-state index is 13.8. The van der Waals surface area contributed by atoms with Crippen molar-refractivity contribution in [3.8, 4) is 0 Å². The first-order valence-electron chi connectivity index (χ1n) is 6.53. The first-order valence-corrected chi connectivity index (χ1v) is 8.01. The molecule has 2 rings (SSSR count). The van der Waals surface area contributed by atoms with Gasteiger partial charge in [-0.2, -0.15) is 0 Å². The van der Waals surface area contributed by atoms with Crippen LogP contribution in [0.2, 0.25) is 0 Å².